The Hall–Kier alpha value is -2.01. The van der Waals surface area contributed by atoms with Crippen molar-refractivity contribution in [1.29, 1.82) is 0 Å². The molecular weight excluding hydrogens is 242 g/mol. The molecular formula is C11H10ClN3O2. The van der Waals surface area contributed by atoms with Crippen LogP contribution in [0.4, 0.5) is 5.82 Å². The van der Waals surface area contributed by atoms with Crippen LogP contribution in [0.25, 0.3) is 0 Å². The van der Waals surface area contributed by atoms with Gasteiger partial charge in [0.25, 0.3) is 5.91 Å². The van der Waals surface area contributed by atoms with E-state index in [1.165, 1.54) is 12.3 Å². The number of halogens is 1. The van der Waals surface area contributed by atoms with Crippen LogP contribution >= 0.6 is 11.6 Å². The zero-order chi connectivity index (χ0) is 12.3. The number of rotatable bonds is 3. The predicted molar refractivity (Wildman–Crippen MR) is 63.5 cm³/mol. The number of hydrogen-bond donors (Lipinski definition) is 2. The van der Waals surface area contributed by atoms with Crippen molar-refractivity contribution < 1.29 is 9.21 Å². The normalized spacial score (nSPS) is 10.2. The number of aromatic nitrogens is 1. The lowest BCUT2D eigenvalue weighted by atomic mass is 10.2. The van der Waals surface area contributed by atoms with E-state index < -0.39 is 0 Å². The first-order chi connectivity index (χ1) is 8.16. The van der Waals surface area contributed by atoms with Crippen molar-refractivity contribution in [1.82, 2.24) is 10.3 Å². The van der Waals surface area contributed by atoms with E-state index in [9.17, 15) is 4.79 Å². The fraction of sp³-hybridized carbons (Fsp3) is 0.0909. The second-order valence-electron chi connectivity index (χ2n) is 3.35. The Labute approximate surface area is 103 Å². The highest BCUT2D eigenvalue weighted by Gasteiger charge is 2.08. The number of anilines is 1. The van der Waals surface area contributed by atoms with Gasteiger partial charge in [-0.3, -0.25) is 4.79 Å². The van der Waals surface area contributed by atoms with Crippen LogP contribution in [0.1, 0.15) is 16.1 Å². The summed E-state index contributed by atoms with van der Waals surface area (Å²) in [6.07, 6.45) is 2.92. The lowest BCUT2D eigenvalue weighted by molar-refractivity contribution is 0.0947. The van der Waals surface area contributed by atoms with Crippen LogP contribution in [0.3, 0.4) is 0 Å². The molecule has 2 rings (SSSR count). The highest BCUT2D eigenvalue weighted by Crippen LogP contribution is 2.16. The van der Waals surface area contributed by atoms with Crippen molar-refractivity contribution in [3.8, 4) is 0 Å². The molecule has 0 saturated carbocycles. The van der Waals surface area contributed by atoms with Crippen LogP contribution < -0.4 is 11.1 Å². The Morgan fingerprint density at radius 1 is 1.59 bits per heavy atom. The van der Waals surface area contributed by atoms with Gasteiger partial charge in [0, 0.05) is 6.20 Å². The van der Waals surface area contributed by atoms with Gasteiger partial charge in [0.15, 0.2) is 0 Å². The second-order valence-corrected chi connectivity index (χ2v) is 3.76. The Bertz CT molecular complexity index is 526. The summed E-state index contributed by atoms with van der Waals surface area (Å²) in [4.78, 5) is 15.5. The molecule has 6 heteroatoms. The largest absolute Gasteiger partial charge is 0.467 e. The van der Waals surface area contributed by atoms with Crippen molar-refractivity contribution >= 4 is 23.3 Å². The van der Waals surface area contributed by atoms with Crippen molar-refractivity contribution in [3.05, 3.63) is 47.0 Å². The van der Waals surface area contributed by atoms with E-state index in [-0.39, 0.29) is 16.7 Å². The number of amides is 1. The fourth-order valence-corrected chi connectivity index (χ4v) is 1.42. The molecule has 2 aromatic heterocycles. The maximum Gasteiger partial charge on any atom is 0.253 e. The van der Waals surface area contributed by atoms with E-state index in [0.717, 1.165) is 0 Å². The molecule has 1 amide bonds. The van der Waals surface area contributed by atoms with Gasteiger partial charge in [0.1, 0.15) is 11.6 Å². The minimum atomic E-state index is -0.282. The summed E-state index contributed by atoms with van der Waals surface area (Å²) in [5.41, 5.74) is 5.81. The molecule has 17 heavy (non-hydrogen) atoms. The van der Waals surface area contributed by atoms with Gasteiger partial charge in [-0.25, -0.2) is 4.98 Å². The Balaban J connectivity index is 2.02. The predicted octanol–water partition coefficient (Wildman–Crippen LogP) is 1.84. The molecule has 0 saturated heterocycles. The van der Waals surface area contributed by atoms with Gasteiger partial charge in [0.2, 0.25) is 0 Å². The molecule has 2 aromatic rings. The molecule has 0 atom stereocenters. The minimum Gasteiger partial charge on any atom is -0.467 e. The van der Waals surface area contributed by atoms with Crippen LogP contribution in [-0.2, 0) is 6.54 Å². The maximum atomic E-state index is 11.7. The minimum absolute atomic E-state index is 0.203. The summed E-state index contributed by atoms with van der Waals surface area (Å²) in [5, 5.41) is 2.94. The van der Waals surface area contributed by atoms with Crippen LogP contribution in [0.15, 0.2) is 35.1 Å². The number of nitrogens with two attached hydrogens (primary N) is 1. The topological polar surface area (TPSA) is 81.1 Å². The SMILES string of the molecule is Nc1ncc(C(=O)NCc2ccco2)cc1Cl. The molecule has 2 heterocycles. The van der Waals surface area contributed by atoms with E-state index >= 15 is 0 Å². The van der Waals surface area contributed by atoms with Crippen LogP contribution in [-0.4, -0.2) is 10.9 Å². The van der Waals surface area contributed by atoms with Crippen molar-refractivity contribution in [2.45, 2.75) is 6.54 Å². The Morgan fingerprint density at radius 3 is 3.06 bits per heavy atom. The first-order valence-electron chi connectivity index (χ1n) is 4.88. The van der Waals surface area contributed by atoms with E-state index in [1.54, 1.807) is 18.4 Å². The van der Waals surface area contributed by atoms with Crippen molar-refractivity contribution in [2.24, 2.45) is 0 Å². The van der Waals surface area contributed by atoms with Gasteiger partial charge in [0.05, 0.1) is 23.4 Å². The second kappa shape index (κ2) is 4.88. The highest BCUT2D eigenvalue weighted by molar-refractivity contribution is 6.33. The lowest BCUT2D eigenvalue weighted by Crippen LogP contribution is -2.22. The maximum absolute atomic E-state index is 11.7. The fourth-order valence-electron chi connectivity index (χ4n) is 1.26. The summed E-state index contributed by atoms with van der Waals surface area (Å²) in [7, 11) is 0. The monoisotopic (exact) mass is 251 g/mol. The van der Waals surface area contributed by atoms with Gasteiger partial charge in [-0.15, -0.1) is 0 Å². The molecule has 0 aliphatic heterocycles. The molecule has 0 aliphatic rings. The van der Waals surface area contributed by atoms with Gasteiger partial charge in [-0.05, 0) is 18.2 Å². The summed E-state index contributed by atoms with van der Waals surface area (Å²) in [6.45, 7) is 0.313. The average molecular weight is 252 g/mol. The van der Waals surface area contributed by atoms with Gasteiger partial charge in [-0.2, -0.15) is 0 Å². The van der Waals surface area contributed by atoms with E-state index in [0.29, 0.717) is 17.9 Å². The average Bonchev–Trinajstić information content (AvgIpc) is 2.82. The smallest absolute Gasteiger partial charge is 0.253 e. The standard InChI is InChI=1S/C11H10ClN3O2/c12-9-4-7(5-14-10(9)13)11(16)15-6-8-2-1-3-17-8/h1-5H,6H2,(H2,13,14)(H,15,16). The first kappa shape index (κ1) is 11.5. The number of nitrogens with one attached hydrogen (secondary N) is 1. The summed E-state index contributed by atoms with van der Waals surface area (Å²) in [6, 6.07) is 5.00. The molecule has 5 nitrogen and oxygen atoms in total. The van der Waals surface area contributed by atoms with Crippen molar-refractivity contribution in [2.75, 3.05) is 5.73 Å². The number of carbonyl (C=O) groups is 1. The number of hydrogen-bond acceptors (Lipinski definition) is 4. The summed E-state index contributed by atoms with van der Waals surface area (Å²) in [5.74, 6) is 0.595. The number of nitrogens with zero attached hydrogens (tertiary/aromatic N) is 1. The van der Waals surface area contributed by atoms with Gasteiger partial charge in [-0.1, -0.05) is 11.6 Å². The van der Waals surface area contributed by atoms with Gasteiger partial charge < -0.3 is 15.5 Å². The zero-order valence-corrected chi connectivity index (χ0v) is 9.57. The third kappa shape index (κ3) is 2.76. The van der Waals surface area contributed by atoms with Crippen LogP contribution in [0.2, 0.25) is 5.02 Å². The van der Waals surface area contributed by atoms with Crippen LogP contribution in [0, 0.1) is 0 Å². The van der Waals surface area contributed by atoms with Gasteiger partial charge >= 0.3 is 0 Å². The molecule has 3 N–H and O–H groups in total. The molecule has 0 radical (unpaired) electrons. The van der Waals surface area contributed by atoms with E-state index in [1.807, 2.05) is 0 Å². The van der Waals surface area contributed by atoms with E-state index in [2.05, 4.69) is 10.3 Å². The molecule has 0 aromatic carbocycles. The third-order valence-corrected chi connectivity index (χ3v) is 2.44. The third-order valence-electron chi connectivity index (χ3n) is 2.14. The molecule has 88 valence electrons. The highest BCUT2D eigenvalue weighted by atomic mass is 35.5. The molecule has 0 fully saturated rings. The number of furan rings is 1. The zero-order valence-electron chi connectivity index (χ0n) is 8.81. The van der Waals surface area contributed by atoms with Crippen LogP contribution in [0.5, 0.6) is 0 Å². The molecule has 0 aliphatic carbocycles. The molecule has 0 spiro atoms. The Morgan fingerprint density at radius 2 is 2.41 bits per heavy atom. The summed E-state index contributed by atoms with van der Waals surface area (Å²) < 4.78 is 5.09. The molecule has 0 bridgehead atoms. The quantitative estimate of drug-likeness (QED) is 0.872. The van der Waals surface area contributed by atoms with Crippen molar-refractivity contribution in [3.63, 3.8) is 0 Å². The number of carbonyl (C=O) groups excluding carboxylic acids is 1. The molecule has 0 unspecified atom stereocenters. The number of pyridine rings is 1. The lowest BCUT2D eigenvalue weighted by Gasteiger charge is -2.04. The Kier molecular flexibility index (Phi) is 3.30. The number of nitrogen functional groups attached to an aromatic ring is 1. The van der Waals surface area contributed by atoms with E-state index in [4.69, 9.17) is 21.8 Å². The summed E-state index contributed by atoms with van der Waals surface area (Å²) >= 11 is 5.77. The first-order valence-corrected chi connectivity index (χ1v) is 5.26.